The van der Waals surface area contributed by atoms with Crippen molar-refractivity contribution in [1.29, 1.82) is 0 Å². The number of rotatable bonds is 5. The highest BCUT2D eigenvalue weighted by molar-refractivity contribution is 6.02. The normalized spacial score (nSPS) is 19.7. The summed E-state index contributed by atoms with van der Waals surface area (Å²) in [6, 6.07) is 9.47. The van der Waals surface area contributed by atoms with Gasteiger partial charge in [0, 0.05) is 31.3 Å². The summed E-state index contributed by atoms with van der Waals surface area (Å²) in [5.74, 6) is 0.0911. The fourth-order valence-corrected chi connectivity index (χ4v) is 3.51. The van der Waals surface area contributed by atoms with Gasteiger partial charge in [0.2, 0.25) is 0 Å². The summed E-state index contributed by atoms with van der Waals surface area (Å²) in [6.45, 7) is 4.28. The van der Waals surface area contributed by atoms with Crippen LogP contribution in [0.5, 0.6) is 0 Å². The Morgan fingerprint density at radius 1 is 1.27 bits per heavy atom. The average molecular weight is 357 g/mol. The largest absolute Gasteiger partial charge is 0.481 e. The summed E-state index contributed by atoms with van der Waals surface area (Å²) < 4.78 is 11.0. The number of ether oxygens (including phenoxy) is 1. The molecule has 6 nitrogen and oxygen atoms in total. The Morgan fingerprint density at radius 2 is 1.96 bits per heavy atom. The van der Waals surface area contributed by atoms with Gasteiger partial charge in [-0.15, -0.1) is 0 Å². The first-order chi connectivity index (χ1) is 12.4. The zero-order valence-electron chi connectivity index (χ0n) is 15.2. The minimum Gasteiger partial charge on any atom is -0.481 e. The van der Waals surface area contributed by atoms with Crippen LogP contribution in [0.3, 0.4) is 0 Å². The van der Waals surface area contributed by atoms with Gasteiger partial charge in [0.25, 0.3) is 5.91 Å². The van der Waals surface area contributed by atoms with E-state index in [1.807, 2.05) is 44.2 Å². The summed E-state index contributed by atoms with van der Waals surface area (Å²) in [4.78, 5) is 26.6. The predicted molar refractivity (Wildman–Crippen MR) is 96.1 cm³/mol. The Kier molecular flexibility index (Phi) is 4.87. The monoisotopic (exact) mass is 357 g/mol. The van der Waals surface area contributed by atoms with Gasteiger partial charge in [-0.25, -0.2) is 0 Å². The van der Waals surface area contributed by atoms with Crippen molar-refractivity contribution in [3.63, 3.8) is 0 Å². The second kappa shape index (κ2) is 6.96. The molecule has 1 aromatic carbocycles. The minimum atomic E-state index is -1.05. The Bertz CT molecular complexity index is 826. The molecule has 1 aromatic heterocycles. The van der Waals surface area contributed by atoms with E-state index in [9.17, 15) is 14.7 Å². The maximum atomic E-state index is 13.2. The van der Waals surface area contributed by atoms with E-state index in [1.54, 1.807) is 4.90 Å². The number of furan rings is 1. The molecule has 3 rings (SSSR count). The molecule has 26 heavy (non-hydrogen) atoms. The van der Waals surface area contributed by atoms with E-state index < -0.39 is 11.4 Å². The zero-order chi connectivity index (χ0) is 18.9. The number of aliphatic carboxylic acids is 1. The van der Waals surface area contributed by atoms with Crippen molar-refractivity contribution in [3.05, 3.63) is 47.2 Å². The highest BCUT2D eigenvalue weighted by atomic mass is 16.5. The molecular weight excluding hydrogens is 334 g/mol. The van der Waals surface area contributed by atoms with Gasteiger partial charge in [0.05, 0.1) is 12.2 Å². The Morgan fingerprint density at radius 3 is 2.58 bits per heavy atom. The van der Waals surface area contributed by atoms with E-state index in [2.05, 4.69) is 0 Å². The van der Waals surface area contributed by atoms with Crippen molar-refractivity contribution in [1.82, 2.24) is 4.90 Å². The lowest BCUT2D eigenvalue weighted by Gasteiger charge is -2.24. The van der Waals surface area contributed by atoms with Crippen molar-refractivity contribution < 1.29 is 23.8 Å². The molecule has 1 amide bonds. The quantitative estimate of drug-likeness (QED) is 0.889. The number of hydrogen-bond acceptors (Lipinski definition) is 4. The molecule has 1 aliphatic rings. The Hall–Kier alpha value is -2.60. The molecule has 6 heteroatoms. The number of likely N-dealkylation sites (tertiary alicyclic amines) is 1. The van der Waals surface area contributed by atoms with Crippen LogP contribution in [-0.2, 0) is 9.53 Å². The first kappa shape index (κ1) is 18.2. The van der Waals surface area contributed by atoms with E-state index in [0.717, 1.165) is 11.1 Å². The molecule has 1 atom stereocenters. The number of methoxy groups -OCH3 is 1. The third-order valence-electron chi connectivity index (χ3n) is 5.15. The van der Waals surface area contributed by atoms with Crippen molar-refractivity contribution in [2.24, 2.45) is 5.41 Å². The molecule has 0 saturated carbocycles. The van der Waals surface area contributed by atoms with Crippen molar-refractivity contribution in [2.75, 3.05) is 26.8 Å². The third kappa shape index (κ3) is 3.01. The lowest BCUT2D eigenvalue weighted by molar-refractivity contribution is -0.151. The molecule has 2 aromatic rings. The molecule has 2 heterocycles. The molecule has 0 spiro atoms. The molecule has 0 bridgehead atoms. The topological polar surface area (TPSA) is 80.0 Å². The number of benzene rings is 1. The number of nitrogens with zero attached hydrogens (tertiary/aromatic N) is 1. The first-order valence-electron chi connectivity index (χ1n) is 8.56. The van der Waals surface area contributed by atoms with E-state index in [4.69, 9.17) is 9.15 Å². The zero-order valence-corrected chi connectivity index (χ0v) is 15.2. The number of carbonyl (C=O) groups excluding carboxylic acids is 1. The van der Waals surface area contributed by atoms with Gasteiger partial charge < -0.3 is 19.2 Å². The van der Waals surface area contributed by atoms with Gasteiger partial charge in [0.15, 0.2) is 0 Å². The van der Waals surface area contributed by atoms with Crippen LogP contribution in [0.25, 0.3) is 11.3 Å². The molecule has 1 unspecified atom stereocenters. The van der Waals surface area contributed by atoms with Crippen LogP contribution in [0.15, 0.2) is 34.7 Å². The van der Waals surface area contributed by atoms with Crippen molar-refractivity contribution >= 4 is 11.9 Å². The minimum absolute atomic E-state index is 0.0844. The second-order valence-electron chi connectivity index (χ2n) is 6.85. The third-order valence-corrected chi connectivity index (χ3v) is 5.15. The highest BCUT2D eigenvalue weighted by Crippen LogP contribution is 2.36. The maximum absolute atomic E-state index is 13.2. The van der Waals surface area contributed by atoms with Crippen LogP contribution in [0.1, 0.15) is 28.1 Å². The molecule has 138 valence electrons. The van der Waals surface area contributed by atoms with Crippen molar-refractivity contribution in [2.45, 2.75) is 20.3 Å². The summed E-state index contributed by atoms with van der Waals surface area (Å²) in [5.41, 5.74) is 1.07. The average Bonchev–Trinajstić information content (AvgIpc) is 3.19. The summed E-state index contributed by atoms with van der Waals surface area (Å²) in [5, 5.41) is 9.62. The van der Waals surface area contributed by atoms with Crippen LogP contribution >= 0.6 is 0 Å². The van der Waals surface area contributed by atoms with E-state index in [1.165, 1.54) is 7.11 Å². The number of amides is 1. The van der Waals surface area contributed by atoms with Crippen LogP contribution in [-0.4, -0.2) is 48.7 Å². The van der Waals surface area contributed by atoms with Gasteiger partial charge in [-0.1, -0.05) is 30.3 Å². The van der Waals surface area contributed by atoms with E-state index >= 15 is 0 Å². The molecule has 1 aliphatic heterocycles. The van der Waals surface area contributed by atoms with Gasteiger partial charge in [-0.3, -0.25) is 9.59 Å². The molecule has 1 N–H and O–H groups in total. The molecule has 0 radical (unpaired) electrons. The number of carboxylic acid groups (broad SMARTS) is 1. The van der Waals surface area contributed by atoms with Crippen LogP contribution in [0.2, 0.25) is 0 Å². The van der Waals surface area contributed by atoms with Gasteiger partial charge in [-0.2, -0.15) is 0 Å². The number of hydrogen-bond donors (Lipinski definition) is 1. The molecule has 1 fully saturated rings. The molecule has 0 aliphatic carbocycles. The Balaban J connectivity index is 1.96. The fraction of sp³-hybridized carbons (Fsp3) is 0.400. The molecule has 1 saturated heterocycles. The van der Waals surface area contributed by atoms with Crippen LogP contribution in [0, 0.1) is 19.3 Å². The highest BCUT2D eigenvalue weighted by Gasteiger charge is 2.47. The smallest absolute Gasteiger partial charge is 0.313 e. The van der Waals surface area contributed by atoms with Crippen LogP contribution < -0.4 is 0 Å². The Labute approximate surface area is 152 Å². The number of carboxylic acids is 1. The summed E-state index contributed by atoms with van der Waals surface area (Å²) >= 11 is 0. The van der Waals surface area contributed by atoms with Gasteiger partial charge >= 0.3 is 5.97 Å². The standard InChI is InChI=1S/C20H23NO5/c1-13-14(2)26-17(15-7-5-4-6-8-15)16(13)18(22)21-10-9-20(11-21,12-25-3)19(23)24/h4-8H,9-12H2,1-3H3,(H,23,24). The van der Waals surface area contributed by atoms with Gasteiger partial charge in [-0.05, 0) is 20.3 Å². The van der Waals surface area contributed by atoms with E-state index in [0.29, 0.717) is 30.0 Å². The fourth-order valence-electron chi connectivity index (χ4n) is 3.51. The number of carbonyl (C=O) groups is 2. The lowest BCUT2D eigenvalue weighted by atomic mass is 9.88. The predicted octanol–water partition coefficient (Wildman–Crippen LogP) is 3.13. The van der Waals surface area contributed by atoms with Gasteiger partial charge in [0.1, 0.15) is 16.9 Å². The maximum Gasteiger partial charge on any atom is 0.313 e. The summed E-state index contributed by atoms with van der Waals surface area (Å²) in [6.07, 6.45) is 0.373. The van der Waals surface area contributed by atoms with Crippen molar-refractivity contribution in [3.8, 4) is 11.3 Å². The lowest BCUT2D eigenvalue weighted by Crippen LogP contribution is -2.40. The number of aryl methyl sites for hydroxylation is 1. The first-order valence-corrected chi connectivity index (χ1v) is 8.56. The SMILES string of the molecule is COCC1(C(=O)O)CCN(C(=O)c2c(-c3ccccc3)oc(C)c2C)C1. The summed E-state index contributed by atoms with van der Waals surface area (Å²) in [7, 11) is 1.48. The van der Waals surface area contributed by atoms with E-state index in [-0.39, 0.29) is 19.1 Å². The molecular formula is C20H23NO5. The van der Waals surface area contributed by atoms with Crippen LogP contribution in [0.4, 0.5) is 0 Å². The second-order valence-corrected chi connectivity index (χ2v) is 6.85.